The number of nitrogens with zero attached hydrogens (tertiary/aromatic N) is 1. The summed E-state index contributed by atoms with van der Waals surface area (Å²) in [4.78, 5) is 11.9. The molecule has 1 aromatic rings. The van der Waals surface area contributed by atoms with Crippen molar-refractivity contribution in [1.82, 2.24) is 9.62 Å². The van der Waals surface area contributed by atoms with E-state index >= 15 is 0 Å². The molecule has 8 heteroatoms. The van der Waals surface area contributed by atoms with Crippen LogP contribution in [0.4, 0.5) is 4.39 Å². The van der Waals surface area contributed by atoms with Crippen LogP contribution in [0.25, 0.3) is 0 Å². The van der Waals surface area contributed by atoms with Gasteiger partial charge in [-0.2, -0.15) is 4.31 Å². The van der Waals surface area contributed by atoms with Crippen LogP contribution in [0, 0.1) is 5.82 Å². The maximum absolute atomic E-state index is 13.1. The molecule has 0 radical (unpaired) electrons. The van der Waals surface area contributed by atoms with Gasteiger partial charge in [0.15, 0.2) is 0 Å². The quantitative estimate of drug-likeness (QED) is 0.864. The summed E-state index contributed by atoms with van der Waals surface area (Å²) < 4.78 is 44.6. The Bertz CT molecular complexity index is 655. The summed E-state index contributed by atoms with van der Waals surface area (Å²) in [6, 6.07) is 5.24. The smallest absolute Gasteiger partial charge is 0.251 e. The van der Waals surface area contributed by atoms with E-state index in [1.165, 1.54) is 22.5 Å². The van der Waals surface area contributed by atoms with E-state index in [1.807, 2.05) is 13.8 Å². The number of nitrogens with one attached hydrogen (secondary N) is 1. The summed E-state index contributed by atoms with van der Waals surface area (Å²) in [6.07, 6.45) is -0.314. The molecule has 0 aromatic heterocycles. The number of ether oxygens (including phenoxy) is 1. The minimum Gasteiger partial charge on any atom is -0.373 e. The van der Waals surface area contributed by atoms with Crippen molar-refractivity contribution in [1.29, 1.82) is 0 Å². The number of sulfonamides is 1. The maximum Gasteiger partial charge on any atom is 0.251 e. The lowest BCUT2D eigenvalue weighted by Gasteiger charge is -2.34. The van der Waals surface area contributed by atoms with Crippen molar-refractivity contribution in [3.05, 3.63) is 35.6 Å². The Morgan fingerprint density at radius 2 is 2.00 bits per heavy atom. The normalized spacial score (nSPS) is 22.7. The van der Waals surface area contributed by atoms with Crippen LogP contribution in [-0.2, 0) is 14.8 Å². The Morgan fingerprint density at radius 3 is 2.61 bits per heavy atom. The van der Waals surface area contributed by atoms with Crippen molar-refractivity contribution in [2.75, 3.05) is 25.4 Å². The van der Waals surface area contributed by atoms with E-state index in [4.69, 9.17) is 4.74 Å². The molecule has 1 aromatic carbocycles. The fourth-order valence-corrected chi connectivity index (χ4v) is 4.00. The molecule has 1 amide bonds. The number of halogens is 1. The van der Waals surface area contributed by atoms with Gasteiger partial charge in [0.25, 0.3) is 5.91 Å². The molecule has 0 bridgehead atoms. The number of carbonyl (C=O) groups is 1. The van der Waals surface area contributed by atoms with E-state index in [0.717, 1.165) is 6.07 Å². The van der Waals surface area contributed by atoms with Crippen molar-refractivity contribution in [2.24, 2.45) is 0 Å². The van der Waals surface area contributed by atoms with E-state index < -0.39 is 21.7 Å². The van der Waals surface area contributed by atoms with Crippen LogP contribution in [0.1, 0.15) is 24.2 Å². The van der Waals surface area contributed by atoms with Gasteiger partial charge >= 0.3 is 0 Å². The van der Waals surface area contributed by atoms with Gasteiger partial charge in [-0.3, -0.25) is 4.79 Å². The number of rotatable bonds is 5. The summed E-state index contributed by atoms with van der Waals surface area (Å²) >= 11 is 0. The van der Waals surface area contributed by atoms with Crippen LogP contribution in [0.3, 0.4) is 0 Å². The van der Waals surface area contributed by atoms with Crippen molar-refractivity contribution in [3.8, 4) is 0 Å². The zero-order valence-electron chi connectivity index (χ0n) is 13.2. The van der Waals surface area contributed by atoms with E-state index in [1.54, 1.807) is 0 Å². The van der Waals surface area contributed by atoms with Gasteiger partial charge in [-0.1, -0.05) is 6.07 Å². The second-order valence-electron chi connectivity index (χ2n) is 5.66. The molecule has 0 aliphatic carbocycles. The fraction of sp³-hybridized carbons (Fsp3) is 0.533. The molecule has 2 rings (SSSR count). The van der Waals surface area contributed by atoms with Crippen molar-refractivity contribution in [3.63, 3.8) is 0 Å². The Hall–Kier alpha value is -1.51. The SMILES string of the molecule is C[C@@H]1CN(S(=O)(=O)CCNC(=O)c2cccc(F)c2)C[C@H](C)O1. The third kappa shape index (κ3) is 4.98. The molecule has 1 aliphatic heterocycles. The second-order valence-corrected chi connectivity index (χ2v) is 7.75. The monoisotopic (exact) mass is 344 g/mol. The molecule has 6 nitrogen and oxygen atoms in total. The molecule has 0 unspecified atom stereocenters. The van der Waals surface area contributed by atoms with Crippen LogP contribution in [0.2, 0.25) is 0 Å². The summed E-state index contributed by atoms with van der Waals surface area (Å²) in [5.74, 6) is -1.21. The molecule has 0 spiro atoms. The maximum atomic E-state index is 13.1. The Kier molecular flexibility index (Phi) is 5.72. The van der Waals surface area contributed by atoms with Gasteiger partial charge in [-0.15, -0.1) is 0 Å². The molecule has 1 heterocycles. The first kappa shape index (κ1) is 17.8. The minimum absolute atomic E-state index is 0.0300. The molecular weight excluding hydrogens is 323 g/mol. The molecule has 1 aliphatic rings. The average Bonchev–Trinajstić information content (AvgIpc) is 2.46. The Labute approximate surface area is 135 Å². The Morgan fingerprint density at radius 1 is 1.35 bits per heavy atom. The number of benzene rings is 1. The summed E-state index contributed by atoms with van der Waals surface area (Å²) in [5, 5.41) is 2.50. The van der Waals surface area contributed by atoms with Crippen molar-refractivity contribution >= 4 is 15.9 Å². The summed E-state index contributed by atoms with van der Waals surface area (Å²) in [5.41, 5.74) is 0.163. The van der Waals surface area contributed by atoms with Gasteiger partial charge in [-0.25, -0.2) is 12.8 Å². The van der Waals surface area contributed by atoms with E-state index in [0.29, 0.717) is 13.1 Å². The number of amides is 1. The number of morpholine rings is 1. The lowest BCUT2D eigenvalue weighted by Crippen LogP contribution is -2.49. The number of hydrogen-bond donors (Lipinski definition) is 1. The van der Waals surface area contributed by atoms with E-state index in [-0.39, 0.29) is 30.1 Å². The summed E-state index contributed by atoms with van der Waals surface area (Å²) in [6.45, 7) is 4.24. The first-order valence-corrected chi connectivity index (χ1v) is 9.06. The average molecular weight is 344 g/mol. The first-order chi connectivity index (χ1) is 10.8. The fourth-order valence-electron chi connectivity index (χ4n) is 2.51. The lowest BCUT2D eigenvalue weighted by atomic mass is 10.2. The van der Waals surface area contributed by atoms with Gasteiger partial charge < -0.3 is 10.1 Å². The third-order valence-electron chi connectivity index (χ3n) is 3.51. The van der Waals surface area contributed by atoms with E-state index in [9.17, 15) is 17.6 Å². The highest BCUT2D eigenvalue weighted by Crippen LogP contribution is 2.14. The largest absolute Gasteiger partial charge is 0.373 e. The second kappa shape index (κ2) is 7.37. The van der Waals surface area contributed by atoms with Crippen molar-refractivity contribution in [2.45, 2.75) is 26.1 Å². The lowest BCUT2D eigenvalue weighted by molar-refractivity contribution is -0.0440. The van der Waals surface area contributed by atoms with Crippen LogP contribution < -0.4 is 5.32 Å². The number of hydrogen-bond acceptors (Lipinski definition) is 4. The molecule has 1 N–H and O–H groups in total. The third-order valence-corrected chi connectivity index (χ3v) is 5.32. The molecule has 23 heavy (non-hydrogen) atoms. The molecule has 0 saturated carbocycles. The van der Waals surface area contributed by atoms with Crippen LogP contribution in [0.5, 0.6) is 0 Å². The van der Waals surface area contributed by atoms with Crippen molar-refractivity contribution < 1.29 is 22.3 Å². The highest BCUT2D eigenvalue weighted by molar-refractivity contribution is 7.89. The first-order valence-electron chi connectivity index (χ1n) is 7.45. The highest BCUT2D eigenvalue weighted by atomic mass is 32.2. The highest BCUT2D eigenvalue weighted by Gasteiger charge is 2.30. The van der Waals surface area contributed by atoms with Gasteiger partial charge in [0.1, 0.15) is 5.82 Å². The molecular formula is C15H21FN2O4S. The topological polar surface area (TPSA) is 75.7 Å². The zero-order chi connectivity index (χ0) is 17.0. The van der Waals surface area contributed by atoms with Crippen LogP contribution in [-0.4, -0.2) is 56.2 Å². The van der Waals surface area contributed by atoms with Crippen LogP contribution in [0.15, 0.2) is 24.3 Å². The van der Waals surface area contributed by atoms with Crippen LogP contribution >= 0.6 is 0 Å². The minimum atomic E-state index is -3.47. The molecule has 2 atom stereocenters. The van der Waals surface area contributed by atoms with Gasteiger partial charge in [0.2, 0.25) is 10.0 Å². The standard InChI is InChI=1S/C15H21FN2O4S/c1-11-9-18(10-12(2)22-11)23(20,21)7-6-17-15(19)13-4-3-5-14(16)8-13/h3-5,8,11-12H,6-7,9-10H2,1-2H3,(H,17,19)/t11-,12+. The predicted octanol–water partition coefficient (Wildman–Crippen LogP) is 0.994. The molecule has 128 valence electrons. The molecule has 1 saturated heterocycles. The van der Waals surface area contributed by atoms with Gasteiger partial charge in [-0.05, 0) is 32.0 Å². The van der Waals surface area contributed by atoms with Gasteiger partial charge in [0.05, 0.1) is 18.0 Å². The zero-order valence-corrected chi connectivity index (χ0v) is 14.0. The predicted molar refractivity (Wildman–Crippen MR) is 84.1 cm³/mol. The summed E-state index contributed by atoms with van der Waals surface area (Å²) in [7, 11) is -3.47. The van der Waals surface area contributed by atoms with Gasteiger partial charge in [0, 0.05) is 25.2 Å². The molecule has 1 fully saturated rings. The Balaban J connectivity index is 1.88. The number of carbonyl (C=O) groups excluding carboxylic acids is 1. The van der Waals surface area contributed by atoms with E-state index in [2.05, 4.69) is 5.32 Å².